The van der Waals surface area contributed by atoms with Gasteiger partial charge < -0.3 is 5.73 Å². The first-order valence-corrected chi connectivity index (χ1v) is 5.47. The van der Waals surface area contributed by atoms with Gasteiger partial charge in [-0.1, -0.05) is 11.3 Å². The van der Waals surface area contributed by atoms with Gasteiger partial charge in [0.1, 0.15) is 0 Å². The maximum Gasteiger partial charge on any atom is 0.324 e. The van der Waals surface area contributed by atoms with Gasteiger partial charge in [-0.05, 0) is 19.4 Å². The Bertz CT molecular complexity index is 414. The second-order valence-corrected chi connectivity index (χ2v) is 4.78. The molecular weight excluding hydrogens is 230 g/mol. The molecule has 0 fully saturated rings. The summed E-state index contributed by atoms with van der Waals surface area (Å²) < 4.78 is 0. The van der Waals surface area contributed by atoms with Crippen molar-refractivity contribution in [3.05, 3.63) is 27.1 Å². The number of nitrogens with two attached hydrogens (primary N) is 1. The first-order chi connectivity index (χ1) is 7.33. The average molecular weight is 243 g/mol. The molecular formula is C9H13N3O3S. The van der Waals surface area contributed by atoms with Crippen LogP contribution in [0.3, 0.4) is 0 Å². The van der Waals surface area contributed by atoms with Crippen molar-refractivity contribution < 1.29 is 9.72 Å². The highest BCUT2D eigenvalue weighted by Crippen LogP contribution is 2.22. The zero-order valence-corrected chi connectivity index (χ0v) is 9.84. The third-order valence-electron chi connectivity index (χ3n) is 2.17. The van der Waals surface area contributed by atoms with E-state index < -0.39 is 16.4 Å². The number of nitrogens with one attached hydrogen (secondary N) is 1. The molecule has 0 bridgehead atoms. The summed E-state index contributed by atoms with van der Waals surface area (Å²) in [6.07, 6.45) is 0. The van der Waals surface area contributed by atoms with Gasteiger partial charge in [0, 0.05) is 18.0 Å². The maximum absolute atomic E-state index is 11.0. The van der Waals surface area contributed by atoms with Crippen LogP contribution in [0.5, 0.6) is 0 Å². The van der Waals surface area contributed by atoms with Gasteiger partial charge in [-0.2, -0.15) is 0 Å². The molecule has 0 atom stereocenters. The Morgan fingerprint density at radius 3 is 2.75 bits per heavy atom. The fraction of sp³-hybridized carbons (Fsp3) is 0.444. The molecule has 0 aliphatic carbocycles. The van der Waals surface area contributed by atoms with E-state index in [0.717, 1.165) is 16.9 Å². The lowest BCUT2D eigenvalue weighted by molar-refractivity contribution is -0.380. The quantitative estimate of drug-likeness (QED) is 0.595. The standard InChI is InChI=1S/C9H13N3O3S/c1-9(2,8(10)13)11-4-6-3-7(12(14)15)16-5-6/h3,5,11H,4H2,1-2H3,(H2,10,13). The summed E-state index contributed by atoms with van der Waals surface area (Å²) in [6.45, 7) is 3.70. The Balaban J connectivity index is 2.61. The first-order valence-electron chi connectivity index (χ1n) is 4.59. The van der Waals surface area contributed by atoms with E-state index >= 15 is 0 Å². The van der Waals surface area contributed by atoms with Crippen molar-refractivity contribution in [2.75, 3.05) is 0 Å². The predicted molar refractivity (Wildman–Crippen MR) is 61.1 cm³/mol. The predicted octanol–water partition coefficient (Wildman–Crippen LogP) is 1.01. The second-order valence-electron chi connectivity index (χ2n) is 3.89. The zero-order chi connectivity index (χ0) is 12.3. The van der Waals surface area contributed by atoms with Crippen molar-refractivity contribution in [1.29, 1.82) is 0 Å². The van der Waals surface area contributed by atoms with Crippen LogP contribution in [0.4, 0.5) is 5.00 Å². The van der Waals surface area contributed by atoms with E-state index in [-0.39, 0.29) is 5.00 Å². The van der Waals surface area contributed by atoms with Crippen LogP contribution < -0.4 is 11.1 Å². The van der Waals surface area contributed by atoms with E-state index in [1.807, 2.05) is 0 Å². The van der Waals surface area contributed by atoms with Crippen LogP contribution in [-0.2, 0) is 11.3 Å². The first kappa shape index (κ1) is 12.6. The number of rotatable bonds is 5. The molecule has 0 aromatic carbocycles. The van der Waals surface area contributed by atoms with Crippen molar-refractivity contribution in [2.24, 2.45) is 5.73 Å². The van der Waals surface area contributed by atoms with E-state index in [9.17, 15) is 14.9 Å². The molecule has 6 nitrogen and oxygen atoms in total. The summed E-state index contributed by atoms with van der Waals surface area (Å²) in [5.74, 6) is -0.461. The number of hydrogen-bond donors (Lipinski definition) is 2. The van der Waals surface area contributed by atoms with E-state index in [4.69, 9.17) is 5.73 Å². The van der Waals surface area contributed by atoms with Crippen LogP contribution in [0, 0.1) is 10.1 Å². The van der Waals surface area contributed by atoms with Crippen molar-refractivity contribution >= 4 is 22.2 Å². The number of hydrogen-bond acceptors (Lipinski definition) is 5. The van der Waals surface area contributed by atoms with Gasteiger partial charge in [0.2, 0.25) is 5.91 Å². The number of thiophene rings is 1. The van der Waals surface area contributed by atoms with Gasteiger partial charge in [0.05, 0.1) is 10.5 Å². The third-order valence-corrected chi connectivity index (χ3v) is 3.10. The summed E-state index contributed by atoms with van der Waals surface area (Å²) in [4.78, 5) is 21.0. The Kier molecular flexibility index (Phi) is 3.61. The third kappa shape index (κ3) is 3.01. The number of carbonyl (C=O) groups excluding carboxylic acids is 1. The molecule has 7 heteroatoms. The van der Waals surface area contributed by atoms with E-state index in [1.54, 1.807) is 19.2 Å². The molecule has 0 radical (unpaired) electrons. The summed E-state index contributed by atoms with van der Waals surface area (Å²) >= 11 is 1.06. The molecule has 0 saturated heterocycles. The molecule has 1 heterocycles. The molecule has 0 spiro atoms. The Morgan fingerprint density at radius 1 is 1.69 bits per heavy atom. The second kappa shape index (κ2) is 4.58. The normalized spacial score (nSPS) is 11.4. The molecule has 0 unspecified atom stereocenters. The smallest absolute Gasteiger partial charge is 0.324 e. The lowest BCUT2D eigenvalue weighted by Crippen LogP contribution is -2.50. The summed E-state index contributed by atoms with van der Waals surface area (Å²) in [7, 11) is 0. The van der Waals surface area contributed by atoms with Gasteiger partial charge in [0.15, 0.2) is 0 Å². The zero-order valence-electron chi connectivity index (χ0n) is 9.02. The van der Waals surface area contributed by atoms with E-state index in [0.29, 0.717) is 6.54 Å². The number of primary amides is 1. The highest BCUT2D eigenvalue weighted by atomic mass is 32.1. The van der Waals surface area contributed by atoms with Crippen molar-refractivity contribution in [2.45, 2.75) is 25.9 Å². The van der Waals surface area contributed by atoms with Crippen LogP contribution in [0.1, 0.15) is 19.4 Å². The summed E-state index contributed by atoms with van der Waals surface area (Å²) in [6, 6.07) is 1.48. The van der Waals surface area contributed by atoms with Gasteiger partial charge in [-0.15, -0.1) is 0 Å². The molecule has 16 heavy (non-hydrogen) atoms. The lowest BCUT2D eigenvalue weighted by atomic mass is 10.1. The van der Waals surface area contributed by atoms with E-state index in [2.05, 4.69) is 5.32 Å². The maximum atomic E-state index is 11.0. The molecule has 1 aromatic heterocycles. The van der Waals surface area contributed by atoms with Crippen LogP contribution in [0.2, 0.25) is 0 Å². The van der Waals surface area contributed by atoms with Crippen molar-refractivity contribution in [3.63, 3.8) is 0 Å². The Hall–Kier alpha value is -1.47. The molecule has 0 saturated carbocycles. The van der Waals surface area contributed by atoms with Crippen LogP contribution in [0.25, 0.3) is 0 Å². The minimum absolute atomic E-state index is 0.0914. The molecule has 88 valence electrons. The summed E-state index contributed by atoms with van der Waals surface area (Å²) in [5.41, 5.74) is 5.13. The molecule has 3 N–H and O–H groups in total. The topological polar surface area (TPSA) is 98.3 Å². The number of amides is 1. The van der Waals surface area contributed by atoms with Gasteiger partial charge in [-0.3, -0.25) is 20.2 Å². The number of nitro groups is 1. The van der Waals surface area contributed by atoms with Crippen molar-refractivity contribution in [1.82, 2.24) is 5.32 Å². The van der Waals surface area contributed by atoms with Gasteiger partial charge >= 0.3 is 5.00 Å². The average Bonchev–Trinajstić information content (AvgIpc) is 2.63. The molecule has 0 aliphatic rings. The van der Waals surface area contributed by atoms with E-state index in [1.165, 1.54) is 6.07 Å². The fourth-order valence-corrected chi connectivity index (χ4v) is 1.69. The fourth-order valence-electron chi connectivity index (χ4n) is 0.961. The number of nitrogens with zero attached hydrogens (tertiary/aromatic N) is 1. The summed E-state index contributed by atoms with van der Waals surface area (Å²) in [5, 5.41) is 15.2. The molecule has 1 amide bonds. The highest BCUT2D eigenvalue weighted by Gasteiger charge is 2.24. The van der Waals surface area contributed by atoms with Crippen LogP contribution >= 0.6 is 11.3 Å². The molecule has 1 rings (SSSR count). The SMILES string of the molecule is CC(C)(NCc1csc([N+](=O)[O-])c1)C(N)=O. The molecule has 1 aromatic rings. The largest absolute Gasteiger partial charge is 0.368 e. The van der Waals surface area contributed by atoms with Gasteiger partial charge in [0.25, 0.3) is 0 Å². The Labute approximate surface area is 96.6 Å². The monoisotopic (exact) mass is 243 g/mol. The van der Waals surface area contributed by atoms with Crippen LogP contribution in [0.15, 0.2) is 11.4 Å². The molecule has 0 aliphatic heterocycles. The number of carbonyl (C=O) groups is 1. The van der Waals surface area contributed by atoms with Crippen LogP contribution in [-0.4, -0.2) is 16.4 Å². The minimum atomic E-state index is -0.823. The van der Waals surface area contributed by atoms with Gasteiger partial charge in [-0.25, -0.2) is 0 Å². The highest BCUT2D eigenvalue weighted by molar-refractivity contribution is 7.13. The Morgan fingerprint density at radius 2 is 2.31 bits per heavy atom. The van der Waals surface area contributed by atoms with Crippen molar-refractivity contribution in [3.8, 4) is 0 Å². The lowest BCUT2D eigenvalue weighted by Gasteiger charge is -2.21. The minimum Gasteiger partial charge on any atom is -0.368 e.